The van der Waals surface area contributed by atoms with Gasteiger partial charge in [-0.15, -0.1) is 0 Å². The molecule has 6 heteroatoms. The smallest absolute Gasteiger partial charge is 0.311 e. The molecule has 114 valence electrons. The molecule has 1 N–H and O–H groups in total. The Bertz CT molecular complexity index is 711. The molecule has 0 aromatic heterocycles. The van der Waals surface area contributed by atoms with E-state index in [0.29, 0.717) is 21.2 Å². The predicted molar refractivity (Wildman–Crippen MR) is 87.2 cm³/mol. The maximum Gasteiger partial charge on any atom is 0.311 e. The summed E-state index contributed by atoms with van der Waals surface area (Å²) in [6, 6.07) is 10.9. The number of Topliss-reactive ketones (excluding diaryl/α,β-unsaturated/α-hetero) is 1. The largest absolute Gasteiger partial charge is 0.481 e. The van der Waals surface area contributed by atoms with Crippen LogP contribution in [-0.4, -0.2) is 16.9 Å². The van der Waals surface area contributed by atoms with Gasteiger partial charge in [0, 0.05) is 17.0 Å². The maximum absolute atomic E-state index is 12.3. The van der Waals surface area contributed by atoms with E-state index < -0.39 is 11.9 Å². The van der Waals surface area contributed by atoms with Gasteiger partial charge in [-0.3, -0.25) is 9.59 Å². The lowest BCUT2D eigenvalue weighted by molar-refractivity contribution is -0.138. The molecular weight excluding hydrogens is 347 g/mol. The number of carboxylic acids is 1. The number of rotatable bonds is 5. The van der Waals surface area contributed by atoms with Crippen molar-refractivity contribution in [3.63, 3.8) is 0 Å². The van der Waals surface area contributed by atoms with Crippen LogP contribution in [0, 0.1) is 0 Å². The Balaban J connectivity index is 2.24. The van der Waals surface area contributed by atoms with Crippen LogP contribution in [0.2, 0.25) is 15.1 Å². The van der Waals surface area contributed by atoms with Crippen molar-refractivity contribution in [3.8, 4) is 0 Å². The minimum absolute atomic E-state index is 0.172. The van der Waals surface area contributed by atoms with Crippen molar-refractivity contribution in [2.45, 2.75) is 12.3 Å². The highest BCUT2D eigenvalue weighted by Gasteiger charge is 2.24. The van der Waals surface area contributed by atoms with Crippen LogP contribution < -0.4 is 0 Å². The van der Waals surface area contributed by atoms with E-state index >= 15 is 0 Å². The van der Waals surface area contributed by atoms with Crippen molar-refractivity contribution in [2.75, 3.05) is 0 Å². The molecular formula is C16H11Cl3O3. The molecule has 3 nitrogen and oxygen atoms in total. The van der Waals surface area contributed by atoms with Gasteiger partial charge in [-0.25, -0.2) is 0 Å². The number of aliphatic carboxylic acids is 1. The summed E-state index contributed by atoms with van der Waals surface area (Å²) >= 11 is 17.5. The van der Waals surface area contributed by atoms with E-state index in [1.807, 2.05) is 0 Å². The van der Waals surface area contributed by atoms with E-state index in [1.54, 1.807) is 24.3 Å². The standard InChI is InChI=1S/C16H11Cl3O3/c17-11-4-1-9(2-5-11)12(16(21)22)8-15(20)10-3-6-13(18)14(19)7-10/h1-7,12H,8H2,(H,21,22)/t12-/m1/s1. The van der Waals surface area contributed by atoms with Gasteiger partial charge in [-0.1, -0.05) is 46.9 Å². The van der Waals surface area contributed by atoms with Gasteiger partial charge in [0.15, 0.2) is 5.78 Å². The Morgan fingerprint density at radius 2 is 1.59 bits per heavy atom. The van der Waals surface area contributed by atoms with E-state index in [-0.39, 0.29) is 17.2 Å². The van der Waals surface area contributed by atoms with Crippen LogP contribution in [0.15, 0.2) is 42.5 Å². The van der Waals surface area contributed by atoms with E-state index in [1.165, 1.54) is 18.2 Å². The molecule has 0 aliphatic heterocycles. The number of carbonyl (C=O) groups excluding carboxylic acids is 1. The first kappa shape index (κ1) is 16.8. The first-order valence-corrected chi connectivity index (χ1v) is 7.48. The molecule has 1 atom stereocenters. The second-order valence-electron chi connectivity index (χ2n) is 4.70. The van der Waals surface area contributed by atoms with Crippen molar-refractivity contribution in [1.82, 2.24) is 0 Å². The van der Waals surface area contributed by atoms with Gasteiger partial charge in [-0.2, -0.15) is 0 Å². The van der Waals surface area contributed by atoms with Gasteiger partial charge < -0.3 is 5.11 Å². The summed E-state index contributed by atoms with van der Waals surface area (Å²) in [7, 11) is 0. The highest BCUT2D eigenvalue weighted by molar-refractivity contribution is 6.42. The number of hydrogen-bond acceptors (Lipinski definition) is 2. The fourth-order valence-corrected chi connectivity index (χ4v) is 2.44. The fourth-order valence-electron chi connectivity index (χ4n) is 2.02. The topological polar surface area (TPSA) is 54.4 Å². The summed E-state index contributed by atoms with van der Waals surface area (Å²) in [5, 5.41) is 10.5. The van der Waals surface area contributed by atoms with Crippen LogP contribution in [0.25, 0.3) is 0 Å². The molecule has 0 fully saturated rings. The quantitative estimate of drug-likeness (QED) is 0.758. The molecule has 0 bridgehead atoms. The van der Waals surface area contributed by atoms with Crippen molar-refractivity contribution in [3.05, 3.63) is 68.7 Å². The molecule has 0 radical (unpaired) electrons. The third kappa shape index (κ3) is 4.01. The SMILES string of the molecule is O=C(C[C@@H](C(=O)O)c1ccc(Cl)cc1)c1ccc(Cl)c(Cl)c1. The second kappa shape index (κ2) is 7.14. The maximum atomic E-state index is 12.3. The highest BCUT2D eigenvalue weighted by Crippen LogP contribution is 2.27. The van der Waals surface area contributed by atoms with Crippen LogP contribution in [0.5, 0.6) is 0 Å². The van der Waals surface area contributed by atoms with Gasteiger partial charge in [0.2, 0.25) is 0 Å². The lowest BCUT2D eigenvalue weighted by atomic mass is 9.92. The van der Waals surface area contributed by atoms with Crippen LogP contribution in [0.1, 0.15) is 28.3 Å². The lowest BCUT2D eigenvalue weighted by Gasteiger charge is -2.12. The summed E-state index contributed by atoms with van der Waals surface area (Å²) in [5.74, 6) is -2.34. The number of ketones is 1. The Morgan fingerprint density at radius 3 is 2.14 bits per heavy atom. The predicted octanol–water partition coefficient (Wildman–Crippen LogP) is 5.09. The number of hydrogen-bond donors (Lipinski definition) is 1. The highest BCUT2D eigenvalue weighted by atomic mass is 35.5. The first-order valence-electron chi connectivity index (χ1n) is 6.35. The summed E-state index contributed by atoms with van der Waals surface area (Å²) in [6.07, 6.45) is -0.172. The zero-order chi connectivity index (χ0) is 16.3. The van der Waals surface area contributed by atoms with E-state index in [4.69, 9.17) is 34.8 Å². The minimum Gasteiger partial charge on any atom is -0.481 e. The zero-order valence-corrected chi connectivity index (χ0v) is 13.5. The summed E-state index contributed by atoms with van der Waals surface area (Å²) in [4.78, 5) is 23.7. The summed E-state index contributed by atoms with van der Waals surface area (Å²) in [5.41, 5.74) is 0.847. The van der Waals surface area contributed by atoms with E-state index in [9.17, 15) is 14.7 Å². The number of benzene rings is 2. The Labute approximate surface area is 142 Å². The molecule has 0 heterocycles. The van der Waals surface area contributed by atoms with Crippen molar-refractivity contribution >= 4 is 46.6 Å². The first-order chi connectivity index (χ1) is 10.4. The Kier molecular flexibility index (Phi) is 5.46. The van der Waals surface area contributed by atoms with E-state index in [0.717, 1.165) is 0 Å². The zero-order valence-electron chi connectivity index (χ0n) is 11.2. The molecule has 0 amide bonds. The number of carboxylic acid groups (broad SMARTS) is 1. The minimum atomic E-state index is -1.07. The number of halogens is 3. The average molecular weight is 358 g/mol. The van der Waals surface area contributed by atoms with Gasteiger partial charge >= 0.3 is 5.97 Å². The second-order valence-corrected chi connectivity index (χ2v) is 5.95. The van der Waals surface area contributed by atoms with Crippen molar-refractivity contribution in [1.29, 1.82) is 0 Å². The molecule has 0 saturated carbocycles. The van der Waals surface area contributed by atoms with Crippen LogP contribution in [-0.2, 0) is 4.79 Å². The molecule has 2 aromatic rings. The summed E-state index contributed by atoms with van der Waals surface area (Å²) in [6.45, 7) is 0. The van der Waals surface area contributed by atoms with Crippen molar-refractivity contribution < 1.29 is 14.7 Å². The third-order valence-electron chi connectivity index (χ3n) is 3.20. The molecule has 0 aliphatic carbocycles. The lowest BCUT2D eigenvalue weighted by Crippen LogP contribution is -2.16. The average Bonchev–Trinajstić information content (AvgIpc) is 2.48. The Morgan fingerprint density at radius 1 is 0.955 bits per heavy atom. The molecule has 0 spiro atoms. The Hall–Kier alpha value is -1.55. The fraction of sp³-hybridized carbons (Fsp3) is 0.125. The monoisotopic (exact) mass is 356 g/mol. The molecule has 0 aliphatic rings. The normalized spacial score (nSPS) is 12.0. The van der Waals surface area contributed by atoms with Gasteiger partial charge in [0.05, 0.1) is 16.0 Å². The molecule has 22 heavy (non-hydrogen) atoms. The molecule has 0 unspecified atom stereocenters. The van der Waals surface area contributed by atoms with Crippen LogP contribution in [0.3, 0.4) is 0 Å². The van der Waals surface area contributed by atoms with Crippen LogP contribution in [0.4, 0.5) is 0 Å². The van der Waals surface area contributed by atoms with Gasteiger partial charge in [-0.05, 0) is 35.9 Å². The summed E-state index contributed by atoms with van der Waals surface area (Å²) < 4.78 is 0. The van der Waals surface area contributed by atoms with Gasteiger partial charge in [0.25, 0.3) is 0 Å². The molecule has 2 rings (SSSR count). The van der Waals surface area contributed by atoms with Crippen LogP contribution >= 0.6 is 34.8 Å². The third-order valence-corrected chi connectivity index (χ3v) is 4.19. The molecule has 0 saturated heterocycles. The van der Waals surface area contributed by atoms with Crippen molar-refractivity contribution in [2.24, 2.45) is 0 Å². The molecule has 2 aromatic carbocycles. The van der Waals surface area contributed by atoms with Gasteiger partial charge in [0.1, 0.15) is 0 Å². The van der Waals surface area contributed by atoms with E-state index in [2.05, 4.69) is 0 Å². The number of carbonyl (C=O) groups is 2.